The molecular formula is C14H16BrN3O2. The van der Waals surface area contributed by atoms with Gasteiger partial charge in [0, 0.05) is 22.0 Å². The summed E-state index contributed by atoms with van der Waals surface area (Å²) in [5.41, 5.74) is 6.90. The summed E-state index contributed by atoms with van der Waals surface area (Å²) in [6.45, 7) is 2.21. The molecule has 2 N–H and O–H groups in total. The second-order valence-electron chi connectivity index (χ2n) is 5.08. The molecule has 0 radical (unpaired) electrons. The van der Waals surface area contributed by atoms with E-state index in [-0.39, 0.29) is 12.6 Å². The van der Waals surface area contributed by atoms with Gasteiger partial charge in [0.25, 0.3) is 0 Å². The first-order chi connectivity index (χ1) is 9.63. The zero-order valence-electron chi connectivity index (χ0n) is 11.2. The molecule has 0 aliphatic heterocycles. The third kappa shape index (κ3) is 3.02. The Labute approximate surface area is 125 Å². The van der Waals surface area contributed by atoms with Gasteiger partial charge >= 0.3 is 0 Å². The molecule has 3 rings (SSSR count). The maximum Gasteiger partial charge on any atom is 0.229 e. The zero-order valence-corrected chi connectivity index (χ0v) is 12.8. The van der Waals surface area contributed by atoms with Crippen molar-refractivity contribution < 1.29 is 9.26 Å². The minimum absolute atomic E-state index is 0.102. The number of hydrogen-bond donors (Lipinski definition) is 1. The van der Waals surface area contributed by atoms with E-state index in [1.54, 1.807) is 0 Å². The molecule has 6 heteroatoms. The van der Waals surface area contributed by atoms with E-state index in [2.05, 4.69) is 26.1 Å². The molecule has 1 saturated carbocycles. The molecule has 5 nitrogen and oxygen atoms in total. The van der Waals surface area contributed by atoms with Crippen LogP contribution in [0.4, 0.5) is 0 Å². The second kappa shape index (κ2) is 5.54. The van der Waals surface area contributed by atoms with Gasteiger partial charge < -0.3 is 15.0 Å². The Morgan fingerprint density at radius 3 is 3.00 bits per heavy atom. The topological polar surface area (TPSA) is 74.2 Å². The molecule has 2 aromatic rings. The van der Waals surface area contributed by atoms with Crippen LogP contribution in [0.2, 0.25) is 0 Å². The third-order valence-corrected chi connectivity index (χ3v) is 3.72. The third-order valence-electron chi connectivity index (χ3n) is 3.23. The van der Waals surface area contributed by atoms with Crippen LogP contribution in [0.1, 0.15) is 49.0 Å². The Hall–Kier alpha value is -1.40. The summed E-state index contributed by atoms with van der Waals surface area (Å²) >= 11 is 3.44. The summed E-state index contributed by atoms with van der Waals surface area (Å²) in [4.78, 5) is 4.34. The SMILES string of the molecule is CC(N)c1cc(Br)ccc1OCc1noc(C2CC2)n1. The molecule has 1 fully saturated rings. The van der Waals surface area contributed by atoms with Crippen molar-refractivity contribution in [3.05, 3.63) is 40.0 Å². The van der Waals surface area contributed by atoms with Gasteiger partial charge in [-0.2, -0.15) is 4.98 Å². The lowest BCUT2D eigenvalue weighted by Gasteiger charge is -2.13. The number of hydrogen-bond acceptors (Lipinski definition) is 5. The van der Waals surface area contributed by atoms with Crippen LogP contribution in [0.15, 0.2) is 27.2 Å². The van der Waals surface area contributed by atoms with Crippen molar-refractivity contribution in [1.82, 2.24) is 10.1 Å². The number of halogens is 1. The van der Waals surface area contributed by atoms with Crippen molar-refractivity contribution >= 4 is 15.9 Å². The van der Waals surface area contributed by atoms with Crippen LogP contribution >= 0.6 is 15.9 Å². The highest BCUT2D eigenvalue weighted by Crippen LogP contribution is 2.38. The fourth-order valence-electron chi connectivity index (χ4n) is 1.97. The van der Waals surface area contributed by atoms with E-state index < -0.39 is 0 Å². The van der Waals surface area contributed by atoms with E-state index in [1.165, 1.54) is 0 Å². The van der Waals surface area contributed by atoms with E-state index in [9.17, 15) is 0 Å². The smallest absolute Gasteiger partial charge is 0.229 e. The molecule has 1 atom stereocenters. The highest BCUT2D eigenvalue weighted by atomic mass is 79.9. The molecule has 0 bridgehead atoms. The van der Waals surface area contributed by atoms with Gasteiger partial charge in [-0.1, -0.05) is 21.1 Å². The minimum atomic E-state index is -0.102. The van der Waals surface area contributed by atoms with Gasteiger partial charge in [0.15, 0.2) is 6.61 Å². The average molecular weight is 338 g/mol. The lowest BCUT2D eigenvalue weighted by atomic mass is 10.1. The number of aromatic nitrogens is 2. The van der Waals surface area contributed by atoms with Crippen molar-refractivity contribution in [2.45, 2.75) is 38.3 Å². The highest BCUT2D eigenvalue weighted by Gasteiger charge is 2.29. The van der Waals surface area contributed by atoms with Gasteiger partial charge in [-0.15, -0.1) is 0 Å². The van der Waals surface area contributed by atoms with Crippen LogP contribution in [0.25, 0.3) is 0 Å². The van der Waals surface area contributed by atoms with Crippen molar-refractivity contribution in [1.29, 1.82) is 0 Å². The Kier molecular flexibility index (Phi) is 3.76. The Morgan fingerprint density at radius 1 is 1.50 bits per heavy atom. The monoisotopic (exact) mass is 337 g/mol. The molecule has 20 heavy (non-hydrogen) atoms. The van der Waals surface area contributed by atoms with Gasteiger partial charge in [-0.25, -0.2) is 0 Å². The van der Waals surface area contributed by atoms with E-state index in [0.29, 0.717) is 11.7 Å². The van der Waals surface area contributed by atoms with E-state index in [0.717, 1.165) is 34.5 Å². The maximum atomic E-state index is 5.95. The van der Waals surface area contributed by atoms with Crippen LogP contribution in [0, 0.1) is 0 Å². The molecule has 1 unspecified atom stereocenters. The van der Waals surface area contributed by atoms with Gasteiger partial charge in [-0.05, 0) is 38.0 Å². The summed E-state index contributed by atoms with van der Waals surface area (Å²) in [5, 5.41) is 3.93. The Balaban J connectivity index is 1.70. The largest absolute Gasteiger partial charge is 0.485 e. The average Bonchev–Trinajstić information content (AvgIpc) is 3.17. The summed E-state index contributed by atoms with van der Waals surface area (Å²) in [6, 6.07) is 5.68. The molecule has 0 amide bonds. The molecular weight excluding hydrogens is 322 g/mol. The number of ether oxygens (including phenoxy) is 1. The molecule has 1 aromatic carbocycles. The maximum absolute atomic E-state index is 5.95. The Morgan fingerprint density at radius 2 is 2.30 bits per heavy atom. The van der Waals surface area contributed by atoms with Crippen LogP contribution < -0.4 is 10.5 Å². The van der Waals surface area contributed by atoms with Crippen LogP contribution in [-0.4, -0.2) is 10.1 Å². The summed E-state index contributed by atoms with van der Waals surface area (Å²) < 4.78 is 11.9. The van der Waals surface area contributed by atoms with Crippen molar-refractivity contribution in [2.24, 2.45) is 5.73 Å². The lowest BCUT2D eigenvalue weighted by molar-refractivity contribution is 0.281. The van der Waals surface area contributed by atoms with Crippen molar-refractivity contribution in [3.63, 3.8) is 0 Å². The molecule has 1 heterocycles. The highest BCUT2D eigenvalue weighted by molar-refractivity contribution is 9.10. The molecule has 0 saturated heterocycles. The summed E-state index contributed by atoms with van der Waals surface area (Å²) in [5.74, 6) is 2.52. The predicted molar refractivity (Wildman–Crippen MR) is 77.3 cm³/mol. The normalized spacial score (nSPS) is 16.1. The fourth-order valence-corrected chi connectivity index (χ4v) is 2.35. The first-order valence-electron chi connectivity index (χ1n) is 6.64. The molecule has 1 aliphatic carbocycles. The molecule has 106 valence electrons. The predicted octanol–water partition coefficient (Wildman–Crippen LogP) is 3.31. The van der Waals surface area contributed by atoms with Gasteiger partial charge in [0.05, 0.1) is 0 Å². The van der Waals surface area contributed by atoms with Crippen LogP contribution in [0.3, 0.4) is 0 Å². The van der Waals surface area contributed by atoms with Crippen LogP contribution in [-0.2, 0) is 6.61 Å². The van der Waals surface area contributed by atoms with Gasteiger partial charge in [-0.3, -0.25) is 0 Å². The standard InChI is InChI=1S/C14H16BrN3O2/c1-8(16)11-6-10(15)4-5-12(11)19-7-13-17-14(20-18-13)9-2-3-9/h4-6,8-9H,2-3,7,16H2,1H3. The number of rotatable bonds is 5. The lowest BCUT2D eigenvalue weighted by Crippen LogP contribution is -2.08. The van der Waals surface area contributed by atoms with Crippen LogP contribution in [0.5, 0.6) is 5.75 Å². The molecule has 0 spiro atoms. The van der Waals surface area contributed by atoms with Gasteiger partial charge in [0.2, 0.25) is 11.7 Å². The summed E-state index contributed by atoms with van der Waals surface area (Å²) in [6.07, 6.45) is 2.29. The first-order valence-corrected chi connectivity index (χ1v) is 7.43. The van der Waals surface area contributed by atoms with Gasteiger partial charge in [0.1, 0.15) is 5.75 Å². The molecule has 1 aliphatic rings. The number of nitrogens with zero attached hydrogens (tertiary/aromatic N) is 2. The number of nitrogens with two attached hydrogens (primary N) is 1. The first kappa shape index (κ1) is 13.6. The van der Waals surface area contributed by atoms with Crippen molar-refractivity contribution in [2.75, 3.05) is 0 Å². The van der Waals surface area contributed by atoms with E-state index in [1.807, 2.05) is 25.1 Å². The zero-order chi connectivity index (χ0) is 14.1. The van der Waals surface area contributed by atoms with Crippen molar-refractivity contribution in [3.8, 4) is 5.75 Å². The quantitative estimate of drug-likeness (QED) is 0.905. The minimum Gasteiger partial charge on any atom is -0.485 e. The molecule has 1 aromatic heterocycles. The Bertz CT molecular complexity index is 608. The van der Waals surface area contributed by atoms with E-state index in [4.69, 9.17) is 15.0 Å². The second-order valence-corrected chi connectivity index (χ2v) is 6.00. The fraction of sp³-hybridized carbons (Fsp3) is 0.429. The summed E-state index contributed by atoms with van der Waals surface area (Å²) in [7, 11) is 0. The number of benzene rings is 1. The van der Waals surface area contributed by atoms with E-state index >= 15 is 0 Å².